The molecular formula is C21H25FN2O4S. The van der Waals surface area contributed by atoms with Crippen LogP contribution in [0.2, 0.25) is 0 Å². The van der Waals surface area contributed by atoms with Crippen molar-refractivity contribution in [2.75, 3.05) is 20.2 Å². The van der Waals surface area contributed by atoms with E-state index in [2.05, 4.69) is 4.72 Å². The van der Waals surface area contributed by atoms with Gasteiger partial charge in [0.05, 0.1) is 12.0 Å². The Morgan fingerprint density at radius 1 is 1.24 bits per heavy atom. The number of carbonyl (C=O) groups excluding carboxylic acids is 1. The van der Waals surface area contributed by atoms with Gasteiger partial charge in [0.15, 0.2) is 0 Å². The van der Waals surface area contributed by atoms with Crippen LogP contribution in [0.5, 0.6) is 5.75 Å². The van der Waals surface area contributed by atoms with Gasteiger partial charge in [-0.05, 0) is 55.2 Å². The van der Waals surface area contributed by atoms with Crippen LogP contribution in [0.1, 0.15) is 24.8 Å². The fraction of sp³-hybridized carbons (Fsp3) is 0.381. The number of hydrogen-bond acceptors (Lipinski definition) is 4. The number of sulfonamides is 1. The molecule has 2 aromatic carbocycles. The highest BCUT2D eigenvalue weighted by Crippen LogP contribution is 2.18. The summed E-state index contributed by atoms with van der Waals surface area (Å²) in [6.07, 6.45) is 2.28. The molecule has 2 aromatic rings. The molecule has 1 unspecified atom stereocenters. The second kappa shape index (κ2) is 9.37. The molecular weight excluding hydrogens is 395 g/mol. The van der Waals surface area contributed by atoms with Crippen LogP contribution in [0.15, 0.2) is 53.4 Å². The molecule has 1 atom stereocenters. The van der Waals surface area contributed by atoms with Gasteiger partial charge in [-0.15, -0.1) is 0 Å². The maximum Gasteiger partial charge on any atom is 0.240 e. The molecule has 3 rings (SSSR count). The molecule has 1 N–H and O–H groups in total. The molecule has 0 aliphatic carbocycles. The predicted octanol–water partition coefficient (Wildman–Crippen LogP) is 2.74. The normalized spacial score (nSPS) is 17.2. The first-order valence-corrected chi connectivity index (χ1v) is 11.0. The van der Waals surface area contributed by atoms with E-state index >= 15 is 0 Å². The summed E-state index contributed by atoms with van der Waals surface area (Å²) in [6.45, 7) is 0.917. The third-order valence-electron chi connectivity index (χ3n) is 4.96. The summed E-state index contributed by atoms with van der Waals surface area (Å²) in [7, 11) is -2.24. The van der Waals surface area contributed by atoms with Crippen LogP contribution >= 0.6 is 0 Å². The molecule has 1 aliphatic heterocycles. The number of aryl methyl sites for hydroxylation is 1. The third-order valence-corrected chi connectivity index (χ3v) is 6.48. The Labute approximate surface area is 170 Å². The second-order valence-electron chi connectivity index (χ2n) is 7.11. The van der Waals surface area contributed by atoms with Crippen molar-refractivity contribution in [3.63, 3.8) is 0 Å². The number of piperidine rings is 1. The number of amides is 1. The van der Waals surface area contributed by atoms with Crippen molar-refractivity contribution in [1.82, 2.24) is 9.62 Å². The van der Waals surface area contributed by atoms with Gasteiger partial charge in [0.1, 0.15) is 11.6 Å². The molecule has 156 valence electrons. The first-order valence-electron chi connectivity index (χ1n) is 9.56. The van der Waals surface area contributed by atoms with E-state index in [1.54, 1.807) is 12.0 Å². The Kier molecular flexibility index (Phi) is 6.87. The van der Waals surface area contributed by atoms with Crippen molar-refractivity contribution in [1.29, 1.82) is 0 Å². The number of hydrogen-bond donors (Lipinski definition) is 1. The summed E-state index contributed by atoms with van der Waals surface area (Å²) < 4.78 is 46.2. The van der Waals surface area contributed by atoms with Crippen LogP contribution in [0.3, 0.4) is 0 Å². The second-order valence-corrected chi connectivity index (χ2v) is 8.82. The zero-order valence-corrected chi connectivity index (χ0v) is 17.1. The fourth-order valence-corrected chi connectivity index (χ4v) is 4.75. The minimum absolute atomic E-state index is 0.0116. The van der Waals surface area contributed by atoms with Crippen LogP contribution in [-0.2, 0) is 21.2 Å². The summed E-state index contributed by atoms with van der Waals surface area (Å²) in [5, 5.41) is 0. The SMILES string of the molecule is COc1cccc(CCC(=O)N2CCCC(NS(=O)(=O)c3cccc(F)c3)C2)c1. The van der Waals surface area contributed by atoms with Gasteiger partial charge in [0.25, 0.3) is 0 Å². The molecule has 6 nitrogen and oxygen atoms in total. The van der Waals surface area contributed by atoms with Gasteiger partial charge in [-0.1, -0.05) is 18.2 Å². The molecule has 0 saturated carbocycles. The van der Waals surface area contributed by atoms with Crippen LogP contribution in [0.4, 0.5) is 4.39 Å². The van der Waals surface area contributed by atoms with Gasteiger partial charge in [-0.3, -0.25) is 4.79 Å². The molecule has 0 spiro atoms. The molecule has 1 amide bonds. The molecule has 29 heavy (non-hydrogen) atoms. The zero-order valence-electron chi connectivity index (χ0n) is 16.3. The monoisotopic (exact) mass is 420 g/mol. The first-order chi connectivity index (χ1) is 13.9. The number of nitrogens with one attached hydrogen (secondary N) is 1. The van der Waals surface area contributed by atoms with Gasteiger partial charge in [0, 0.05) is 25.6 Å². The molecule has 1 aliphatic rings. The Bertz CT molecular complexity index is 965. The smallest absolute Gasteiger partial charge is 0.240 e. The highest BCUT2D eigenvalue weighted by Gasteiger charge is 2.27. The highest BCUT2D eigenvalue weighted by molar-refractivity contribution is 7.89. The van der Waals surface area contributed by atoms with Gasteiger partial charge < -0.3 is 9.64 Å². The van der Waals surface area contributed by atoms with Crippen LogP contribution < -0.4 is 9.46 Å². The minimum atomic E-state index is -3.84. The van der Waals surface area contributed by atoms with Crippen LogP contribution in [0.25, 0.3) is 0 Å². The van der Waals surface area contributed by atoms with E-state index in [4.69, 9.17) is 4.74 Å². The molecule has 1 fully saturated rings. The molecule has 0 aromatic heterocycles. The maximum atomic E-state index is 13.4. The van der Waals surface area contributed by atoms with Gasteiger partial charge in [0.2, 0.25) is 15.9 Å². The lowest BCUT2D eigenvalue weighted by Gasteiger charge is -2.33. The highest BCUT2D eigenvalue weighted by atomic mass is 32.2. The lowest BCUT2D eigenvalue weighted by molar-refractivity contribution is -0.132. The number of benzene rings is 2. The van der Waals surface area contributed by atoms with Gasteiger partial charge >= 0.3 is 0 Å². The Morgan fingerprint density at radius 2 is 2.03 bits per heavy atom. The van der Waals surface area contributed by atoms with Crippen molar-refractivity contribution in [2.45, 2.75) is 36.6 Å². The van der Waals surface area contributed by atoms with Crippen molar-refractivity contribution < 1.29 is 22.3 Å². The van der Waals surface area contributed by atoms with E-state index in [9.17, 15) is 17.6 Å². The van der Waals surface area contributed by atoms with Gasteiger partial charge in [-0.2, -0.15) is 0 Å². The quantitative estimate of drug-likeness (QED) is 0.747. The Balaban J connectivity index is 1.57. The third kappa shape index (κ3) is 5.77. The van der Waals surface area contributed by atoms with Gasteiger partial charge in [-0.25, -0.2) is 17.5 Å². The zero-order chi connectivity index (χ0) is 20.9. The number of halogens is 1. The molecule has 0 bridgehead atoms. The maximum absolute atomic E-state index is 13.4. The van der Waals surface area contributed by atoms with E-state index in [-0.39, 0.29) is 10.8 Å². The van der Waals surface area contributed by atoms with Crippen molar-refractivity contribution >= 4 is 15.9 Å². The van der Waals surface area contributed by atoms with Crippen molar-refractivity contribution in [3.05, 3.63) is 59.9 Å². The molecule has 1 heterocycles. The van der Waals surface area contributed by atoms with E-state index < -0.39 is 21.9 Å². The molecule has 8 heteroatoms. The standard InChI is InChI=1S/C21H25FN2O4S/c1-28-19-8-2-5-16(13-19)10-11-21(25)24-12-4-7-18(15-24)23-29(26,27)20-9-3-6-17(22)14-20/h2-3,5-6,8-9,13-14,18,23H,4,7,10-12,15H2,1H3. The van der Waals surface area contributed by atoms with Crippen molar-refractivity contribution in [2.24, 2.45) is 0 Å². The number of nitrogens with zero attached hydrogens (tertiary/aromatic N) is 1. The molecule has 1 saturated heterocycles. The Morgan fingerprint density at radius 3 is 2.79 bits per heavy atom. The van der Waals surface area contributed by atoms with E-state index in [1.807, 2.05) is 24.3 Å². The fourth-order valence-electron chi connectivity index (χ4n) is 3.46. The minimum Gasteiger partial charge on any atom is -0.497 e. The summed E-state index contributed by atoms with van der Waals surface area (Å²) in [5.74, 6) is 0.132. The average molecular weight is 421 g/mol. The summed E-state index contributed by atoms with van der Waals surface area (Å²) in [6, 6.07) is 12.1. The summed E-state index contributed by atoms with van der Waals surface area (Å²) >= 11 is 0. The number of ether oxygens (including phenoxy) is 1. The van der Waals surface area contributed by atoms with E-state index in [1.165, 1.54) is 18.2 Å². The number of likely N-dealkylation sites (tertiary alicyclic amines) is 1. The number of methoxy groups -OCH3 is 1. The number of rotatable bonds is 7. The van der Waals surface area contributed by atoms with Crippen molar-refractivity contribution in [3.8, 4) is 5.75 Å². The van der Waals surface area contributed by atoms with E-state index in [0.717, 1.165) is 17.4 Å². The molecule has 0 radical (unpaired) electrons. The van der Waals surface area contributed by atoms with Crippen LogP contribution in [-0.4, -0.2) is 45.5 Å². The first kappa shape index (κ1) is 21.3. The lowest BCUT2D eigenvalue weighted by Crippen LogP contribution is -2.49. The summed E-state index contributed by atoms with van der Waals surface area (Å²) in [5.41, 5.74) is 1.01. The number of carbonyl (C=O) groups is 1. The average Bonchev–Trinajstić information content (AvgIpc) is 2.72. The summed E-state index contributed by atoms with van der Waals surface area (Å²) in [4.78, 5) is 14.2. The Hall–Kier alpha value is -2.45. The van der Waals surface area contributed by atoms with Crippen LogP contribution in [0, 0.1) is 5.82 Å². The topological polar surface area (TPSA) is 75.7 Å². The largest absolute Gasteiger partial charge is 0.497 e. The predicted molar refractivity (Wildman–Crippen MR) is 108 cm³/mol. The lowest BCUT2D eigenvalue weighted by atomic mass is 10.0. The van der Waals surface area contributed by atoms with E-state index in [0.29, 0.717) is 38.8 Å².